The van der Waals surface area contributed by atoms with Crippen LogP contribution in [-0.2, 0) is 9.05 Å². The fraction of sp³-hybridized carbons (Fsp3) is 1.00. The molecule has 9 heavy (non-hydrogen) atoms. The molecule has 0 saturated heterocycles. The Labute approximate surface area is 58.9 Å². The summed E-state index contributed by atoms with van der Waals surface area (Å²) in [5, 5.41) is 0. The van der Waals surface area contributed by atoms with Crippen LogP contribution in [0.15, 0.2) is 0 Å². The Balaban J connectivity index is 2.75. The Morgan fingerprint density at radius 1 is 1.44 bits per heavy atom. The molecule has 1 unspecified atom stereocenters. The first-order valence-corrected chi connectivity index (χ1v) is 4.11. The minimum atomic E-state index is 0.219. The quantitative estimate of drug-likeness (QED) is 0.442. The molecule has 0 aliphatic heterocycles. The van der Waals surface area contributed by atoms with Crippen LogP contribution in [0.1, 0.15) is 27.2 Å². The van der Waals surface area contributed by atoms with Crippen molar-refractivity contribution in [3.8, 4) is 0 Å². The van der Waals surface area contributed by atoms with Gasteiger partial charge in [-0.2, -0.15) is 0 Å². The highest BCUT2D eigenvalue weighted by Gasteiger charge is 1.90. The van der Waals surface area contributed by atoms with Gasteiger partial charge in [-0.25, -0.2) is 0 Å². The molecular formula is C6H15O2P. The van der Waals surface area contributed by atoms with Crippen molar-refractivity contribution in [3.05, 3.63) is 0 Å². The summed E-state index contributed by atoms with van der Waals surface area (Å²) in [6, 6.07) is 0. The fourth-order valence-corrected chi connectivity index (χ4v) is 0.822. The van der Waals surface area contributed by atoms with E-state index in [1.54, 1.807) is 0 Å². The zero-order chi connectivity index (χ0) is 7.11. The largest absolute Gasteiger partial charge is 0.336 e. The highest BCUT2D eigenvalue weighted by atomic mass is 31.1. The Kier molecular flexibility index (Phi) is 6.72. The molecular weight excluding hydrogens is 135 g/mol. The Hall–Kier alpha value is 0.350. The molecule has 0 aliphatic rings. The summed E-state index contributed by atoms with van der Waals surface area (Å²) >= 11 is 0. The van der Waals surface area contributed by atoms with Crippen molar-refractivity contribution in [2.24, 2.45) is 0 Å². The molecule has 0 amide bonds. The first kappa shape index (κ1) is 9.35. The summed E-state index contributed by atoms with van der Waals surface area (Å²) in [5.74, 6) is 0. The van der Waals surface area contributed by atoms with Gasteiger partial charge in [0.2, 0.25) is 0 Å². The number of rotatable bonds is 5. The molecule has 0 aliphatic carbocycles. The average Bonchev–Trinajstić information content (AvgIpc) is 1.80. The van der Waals surface area contributed by atoms with Gasteiger partial charge in [-0.15, -0.1) is 0 Å². The molecule has 0 aromatic heterocycles. The monoisotopic (exact) mass is 150 g/mol. The maximum Gasteiger partial charge on any atom is 0.155 e. The number of hydrogen-bond acceptors (Lipinski definition) is 2. The molecule has 2 nitrogen and oxygen atoms in total. The lowest BCUT2D eigenvalue weighted by molar-refractivity contribution is 0.221. The van der Waals surface area contributed by atoms with Crippen LogP contribution in [-0.4, -0.2) is 12.7 Å². The van der Waals surface area contributed by atoms with E-state index < -0.39 is 0 Å². The smallest absolute Gasteiger partial charge is 0.155 e. The summed E-state index contributed by atoms with van der Waals surface area (Å²) in [6.07, 6.45) is 1.36. The van der Waals surface area contributed by atoms with E-state index in [0.29, 0.717) is 6.10 Å². The Bertz CT molecular complexity index is 57.0. The standard InChI is InChI=1S/C6H15O2P/c1-4-5-7-9-8-6(2)3/h6,9H,4-5H2,1-3H3. The highest BCUT2D eigenvalue weighted by molar-refractivity contribution is 7.26. The highest BCUT2D eigenvalue weighted by Crippen LogP contribution is 2.15. The van der Waals surface area contributed by atoms with Crippen LogP contribution >= 0.6 is 9.03 Å². The summed E-state index contributed by atoms with van der Waals surface area (Å²) in [7, 11) is 0.219. The molecule has 3 heteroatoms. The van der Waals surface area contributed by atoms with Gasteiger partial charge in [0.1, 0.15) is 0 Å². The van der Waals surface area contributed by atoms with Crippen molar-refractivity contribution < 1.29 is 9.05 Å². The summed E-state index contributed by atoms with van der Waals surface area (Å²) in [4.78, 5) is 0. The molecule has 0 fully saturated rings. The molecule has 0 N–H and O–H groups in total. The summed E-state index contributed by atoms with van der Waals surface area (Å²) < 4.78 is 10.2. The maximum atomic E-state index is 5.15. The Morgan fingerprint density at radius 2 is 2.11 bits per heavy atom. The molecule has 0 aromatic rings. The van der Waals surface area contributed by atoms with Crippen molar-refractivity contribution in [2.45, 2.75) is 33.3 Å². The van der Waals surface area contributed by atoms with Gasteiger partial charge in [0.25, 0.3) is 0 Å². The molecule has 0 heterocycles. The lowest BCUT2D eigenvalue weighted by atomic mass is 10.5. The van der Waals surface area contributed by atoms with Gasteiger partial charge < -0.3 is 9.05 Å². The lowest BCUT2D eigenvalue weighted by Crippen LogP contribution is -1.94. The third-order valence-corrected chi connectivity index (χ3v) is 1.54. The van der Waals surface area contributed by atoms with E-state index >= 15 is 0 Å². The van der Waals surface area contributed by atoms with E-state index in [1.807, 2.05) is 13.8 Å². The molecule has 0 bridgehead atoms. The van der Waals surface area contributed by atoms with E-state index in [4.69, 9.17) is 9.05 Å². The van der Waals surface area contributed by atoms with E-state index in [9.17, 15) is 0 Å². The van der Waals surface area contributed by atoms with Gasteiger partial charge in [0.05, 0.1) is 12.7 Å². The van der Waals surface area contributed by atoms with Crippen LogP contribution in [0.5, 0.6) is 0 Å². The maximum absolute atomic E-state index is 5.15. The minimum absolute atomic E-state index is 0.219. The van der Waals surface area contributed by atoms with Crippen molar-refractivity contribution in [2.75, 3.05) is 6.61 Å². The third-order valence-electron chi connectivity index (χ3n) is 0.649. The molecule has 0 saturated carbocycles. The zero-order valence-electron chi connectivity index (χ0n) is 6.31. The molecule has 0 radical (unpaired) electrons. The molecule has 56 valence electrons. The lowest BCUT2D eigenvalue weighted by Gasteiger charge is -2.05. The van der Waals surface area contributed by atoms with Crippen molar-refractivity contribution in [3.63, 3.8) is 0 Å². The third kappa shape index (κ3) is 8.35. The minimum Gasteiger partial charge on any atom is -0.336 e. The van der Waals surface area contributed by atoms with Crippen molar-refractivity contribution in [1.29, 1.82) is 0 Å². The van der Waals surface area contributed by atoms with Gasteiger partial charge in [0.15, 0.2) is 9.03 Å². The van der Waals surface area contributed by atoms with E-state index in [1.165, 1.54) is 0 Å². The first-order chi connectivity index (χ1) is 4.27. The summed E-state index contributed by atoms with van der Waals surface area (Å²) in [5.41, 5.74) is 0. The number of hydrogen-bond donors (Lipinski definition) is 0. The SMILES string of the molecule is CCCOPOC(C)C. The van der Waals surface area contributed by atoms with Crippen LogP contribution < -0.4 is 0 Å². The van der Waals surface area contributed by atoms with E-state index in [-0.39, 0.29) is 9.03 Å². The van der Waals surface area contributed by atoms with Crippen LogP contribution in [0.4, 0.5) is 0 Å². The van der Waals surface area contributed by atoms with Crippen LogP contribution in [0, 0.1) is 0 Å². The van der Waals surface area contributed by atoms with E-state index in [2.05, 4.69) is 6.92 Å². The van der Waals surface area contributed by atoms with Crippen LogP contribution in [0.2, 0.25) is 0 Å². The molecule has 1 atom stereocenters. The van der Waals surface area contributed by atoms with Gasteiger partial charge in [0, 0.05) is 0 Å². The van der Waals surface area contributed by atoms with Crippen LogP contribution in [0.3, 0.4) is 0 Å². The predicted molar refractivity (Wildman–Crippen MR) is 40.8 cm³/mol. The molecule has 0 spiro atoms. The second-order valence-electron chi connectivity index (χ2n) is 2.10. The van der Waals surface area contributed by atoms with Gasteiger partial charge >= 0.3 is 0 Å². The second kappa shape index (κ2) is 6.47. The normalized spacial score (nSPS) is 12.0. The van der Waals surface area contributed by atoms with Gasteiger partial charge in [-0.3, -0.25) is 0 Å². The fourth-order valence-electron chi connectivity index (χ4n) is 0.274. The molecule has 0 rings (SSSR count). The predicted octanol–water partition coefficient (Wildman–Crippen LogP) is 2.35. The van der Waals surface area contributed by atoms with Crippen LogP contribution in [0.25, 0.3) is 0 Å². The summed E-state index contributed by atoms with van der Waals surface area (Å²) in [6.45, 7) is 6.90. The zero-order valence-corrected chi connectivity index (χ0v) is 7.31. The second-order valence-corrected chi connectivity index (χ2v) is 2.79. The van der Waals surface area contributed by atoms with Crippen molar-refractivity contribution >= 4 is 9.03 Å². The first-order valence-electron chi connectivity index (χ1n) is 3.29. The average molecular weight is 150 g/mol. The van der Waals surface area contributed by atoms with Crippen molar-refractivity contribution in [1.82, 2.24) is 0 Å². The Morgan fingerprint density at radius 3 is 2.56 bits per heavy atom. The topological polar surface area (TPSA) is 18.5 Å². The van der Waals surface area contributed by atoms with Gasteiger partial charge in [-0.1, -0.05) is 6.92 Å². The van der Waals surface area contributed by atoms with Gasteiger partial charge in [-0.05, 0) is 20.3 Å². The molecule has 0 aromatic carbocycles. The van der Waals surface area contributed by atoms with E-state index in [0.717, 1.165) is 13.0 Å².